The SMILES string of the molecule is O=C(O)c1c[nH]n(Cc2ccccc2)c1=O. The van der Waals surface area contributed by atoms with Gasteiger partial charge in [0.2, 0.25) is 0 Å². The molecule has 1 aromatic carbocycles. The van der Waals surface area contributed by atoms with Crippen molar-refractivity contribution < 1.29 is 9.90 Å². The van der Waals surface area contributed by atoms with Gasteiger partial charge in [-0.1, -0.05) is 30.3 Å². The molecule has 0 atom stereocenters. The van der Waals surface area contributed by atoms with Crippen LogP contribution in [0.4, 0.5) is 0 Å². The number of rotatable bonds is 3. The number of carboxylic acids is 1. The predicted octanol–water partition coefficient (Wildman–Crippen LogP) is 0.923. The van der Waals surface area contributed by atoms with Crippen LogP contribution in [0.2, 0.25) is 0 Å². The molecule has 0 aliphatic heterocycles. The molecule has 0 saturated heterocycles. The van der Waals surface area contributed by atoms with Crippen LogP contribution in [0.25, 0.3) is 0 Å². The third-order valence-corrected chi connectivity index (χ3v) is 2.25. The van der Waals surface area contributed by atoms with Crippen molar-refractivity contribution in [1.29, 1.82) is 0 Å². The quantitative estimate of drug-likeness (QED) is 0.804. The largest absolute Gasteiger partial charge is 0.477 e. The van der Waals surface area contributed by atoms with Crippen LogP contribution in [-0.2, 0) is 6.54 Å². The topological polar surface area (TPSA) is 75.1 Å². The number of carbonyl (C=O) groups is 1. The second kappa shape index (κ2) is 4.06. The van der Waals surface area contributed by atoms with E-state index in [1.165, 1.54) is 10.9 Å². The summed E-state index contributed by atoms with van der Waals surface area (Å²) in [4.78, 5) is 22.2. The fourth-order valence-corrected chi connectivity index (χ4v) is 1.44. The first kappa shape index (κ1) is 10.2. The van der Waals surface area contributed by atoms with Gasteiger partial charge in [-0.25, -0.2) is 9.48 Å². The lowest BCUT2D eigenvalue weighted by molar-refractivity contribution is 0.0695. The number of hydrogen-bond donors (Lipinski definition) is 2. The minimum atomic E-state index is -1.21. The van der Waals surface area contributed by atoms with Crippen LogP contribution in [0, 0.1) is 0 Å². The van der Waals surface area contributed by atoms with Crippen molar-refractivity contribution in [2.45, 2.75) is 6.54 Å². The van der Waals surface area contributed by atoms with E-state index in [9.17, 15) is 9.59 Å². The molecule has 1 aromatic heterocycles. The van der Waals surface area contributed by atoms with E-state index in [1.807, 2.05) is 30.3 Å². The molecule has 0 spiro atoms. The monoisotopic (exact) mass is 218 g/mol. The summed E-state index contributed by atoms with van der Waals surface area (Å²) < 4.78 is 1.26. The first-order chi connectivity index (χ1) is 7.68. The summed E-state index contributed by atoms with van der Waals surface area (Å²) in [6.45, 7) is 0.340. The zero-order chi connectivity index (χ0) is 11.5. The average molecular weight is 218 g/mol. The number of carboxylic acid groups (broad SMARTS) is 1. The highest BCUT2D eigenvalue weighted by atomic mass is 16.4. The van der Waals surface area contributed by atoms with Crippen LogP contribution >= 0.6 is 0 Å². The zero-order valence-electron chi connectivity index (χ0n) is 8.38. The number of nitrogens with one attached hydrogen (secondary N) is 1. The van der Waals surface area contributed by atoms with Gasteiger partial charge in [-0.3, -0.25) is 4.79 Å². The summed E-state index contributed by atoms with van der Waals surface area (Å²) in [7, 11) is 0. The second-order valence-corrected chi connectivity index (χ2v) is 3.37. The maximum Gasteiger partial charge on any atom is 0.342 e. The molecule has 2 rings (SSSR count). The van der Waals surface area contributed by atoms with E-state index in [1.54, 1.807) is 0 Å². The highest BCUT2D eigenvalue weighted by Gasteiger charge is 2.12. The summed E-state index contributed by atoms with van der Waals surface area (Å²) in [5.74, 6) is -1.21. The van der Waals surface area contributed by atoms with Gasteiger partial charge in [-0.15, -0.1) is 0 Å². The Balaban J connectivity index is 2.30. The molecule has 82 valence electrons. The lowest BCUT2D eigenvalue weighted by atomic mass is 10.2. The van der Waals surface area contributed by atoms with Crippen LogP contribution in [0.3, 0.4) is 0 Å². The van der Waals surface area contributed by atoms with Gasteiger partial charge in [0, 0.05) is 6.20 Å². The standard InChI is InChI=1S/C11H10N2O3/c14-10-9(11(15)16)6-12-13(10)7-8-4-2-1-3-5-8/h1-6,12H,7H2,(H,15,16). The van der Waals surface area contributed by atoms with Crippen LogP contribution < -0.4 is 5.56 Å². The molecular formula is C11H10N2O3. The maximum atomic E-state index is 11.6. The lowest BCUT2D eigenvalue weighted by Crippen LogP contribution is -2.21. The predicted molar refractivity (Wildman–Crippen MR) is 57.6 cm³/mol. The van der Waals surface area contributed by atoms with Gasteiger partial charge in [-0.2, -0.15) is 0 Å². The Labute approximate surface area is 90.9 Å². The third-order valence-electron chi connectivity index (χ3n) is 2.25. The fraction of sp³-hybridized carbons (Fsp3) is 0.0909. The minimum Gasteiger partial charge on any atom is -0.477 e. The molecule has 0 fully saturated rings. The number of aromatic amines is 1. The van der Waals surface area contributed by atoms with E-state index >= 15 is 0 Å². The number of nitrogens with zero attached hydrogens (tertiary/aromatic N) is 1. The average Bonchev–Trinajstić information content (AvgIpc) is 2.62. The normalized spacial score (nSPS) is 10.2. The van der Waals surface area contributed by atoms with Crippen molar-refractivity contribution in [1.82, 2.24) is 9.78 Å². The lowest BCUT2D eigenvalue weighted by Gasteiger charge is -2.00. The third kappa shape index (κ3) is 1.88. The Morgan fingerprint density at radius 2 is 2.00 bits per heavy atom. The van der Waals surface area contributed by atoms with Crippen LogP contribution in [-0.4, -0.2) is 20.9 Å². The zero-order valence-corrected chi connectivity index (χ0v) is 8.38. The fourth-order valence-electron chi connectivity index (χ4n) is 1.44. The van der Waals surface area contributed by atoms with Crippen LogP contribution in [0.15, 0.2) is 41.3 Å². The Morgan fingerprint density at radius 1 is 1.31 bits per heavy atom. The van der Waals surface area contributed by atoms with Crippen LogP contribution in [0.5, 0.6) is 0 Å². The molecule has 0 aliphatic carbocycles. The summed E-state index contributed by atoms with van der Waals surface area (Å²) in [5.41, 5.74) is 0.177. The van der Waals surface area contributed by atoms with E-state index in [-0.39, 0.29) is 5.56 Å². The Morgan fingerprint density at radius 3 is 2.56 bits per heavy atom. The van der Waals surface area contributed by atoms with E-state index in [0.29, 0.717) is 6.54 Å². The number of H-pyrrole nitrogens is 1. The molecule has 0 amide bonds. The summed E-state index contributed by atoms with van der Waals surface area (Å²) in [6.07, 6.45) is 1.20. The summed E-state index contributed by atoms with van der Waals surface area (Å²) >= 11 is 0. The second-order valence-electron chi connectivity index (χ2n) is 3.37. The Bertz CT molecular complexity index is 554. The number of aromatic carboxylic acids is 1. The van der Waals surface area contributed by atoms with Crippen molar-refractivity contribution in [3.05, 3.63) is 58.0 Å². The smallest absolute Gasteiger partial charge is 0.342 e. The number of hydrogen-bond acceptors (Lipinski definition) is 2. The molecule has 0 unspecified atom stereocenters. The Kier molecular flexibility index (Phi) is 2.59. The van der Waals surface area contributed by atoms with Gasteiger partial charge in [0.1, 0.15) is 5.56 Å². The molecule has 2 aromatic rings. The molecule has 0 bridgehead atoms. The van der Waals surface area contributed by atoms with Gasteiger partial charge < -0.3 is 10.2 Å². The number of benzene rings is 1. The molecule has 0 saturated carbocycles. The van der Waals surface area contributed by atoms with Gasteiger partial charge in [0.25, 0.3) is 5.56 Å². The van der Waals surface area contributed by atoms with Crippen molar-refractivity contribution in [3.8, 4) is 0 Å². The molecule has 0 aliphatic rings. The maximum absolute atomic E-state index is 11.6. The molecule has 5 heteroatoms. The van der Waals surface area contributed by atoms with Gasteiger partial charge in [-0.05, 0) is 5.56 Å². The molecule has 2 N–H and O–H groups in total. The minimum absolute atomic E-state index is 0.240. The summed E-state index contributed by atoms with van der Waals surface area (Å²) in [6, 6.07) is 9.34. The molecule has 5 nitrogen and oxygen atoms in total. The van der Waals surface area contributed by atoms with Crippen molar-refractivity contribution in [2.24, 2.45) is 0 Å². The van der Waals surface area contributed by atoms with Gasteiger partial charge in [0.05, 0.1) is 6.54 Å². The Hall–Kier alpha value is -2.30. The van der Waals surface area contributed by atoms with Crippen LogP contribution in [0.1, 0.15) is 15.9 Å². The van der Waals surface area contributed by atoms with E-state index in [4.69, 9.17) is 5.11 Å². The highest BCUT2D eigenvalue weighted by Crippen LogP contribution is 2.00. The number of aromatic nitrogens is 2. The molecular weight excluding hydrogens is 208 g/mol. The van der Waals surface area contributed by atoms with Crippen molar-refractivity contribution in [2.75, 3.05) is 0 Å². The van der Waals surface area contributed by atoms with Crippen molar-refractivity contribution >= 4 is 5.97 Å². The first-order valence-corrected chi connectivity index (χ1v) is 4.74. The highest BCUT2D eigenvalue weighted by molar-refractivity contribution is 5.86. The molecule has 1 heterocycles. The van der Waals surface area contributed by atoms with Gasteiger partial charge >= 0.3 is 5.97 Å². The van der Waals surface area contributed by atoms with Crippen molar-refractivity contribution in [3.63, 3.8) is 0 Å². The molecule has 0 radical (unpaired) electrons. The summed E-state index contributed by atoms with van der Waals surface area (Å²) in [5, 5.41) is 11.3. The molecule has 16 heavy (non-hydrogen) atoms. The van der Waals surface area contributed by atoms with E-state index in [0.717, 1.165) is 5.56 Å². The van der Waals surface area contributed by atoms with Gasteiger partial charge in [0.15, 0.2) is 0 Å². The first-order valence-electron chi connectivity index (χ1n) is 4.74. The van der Waals surface area contributed by atoms with E-state index in [2.05, 4.69) is 5.10 Å². The van der Waals surface area contributed by atoms with E-state index < -0.39 is 11.5 Å².